The van der Waals surface area contributed by atoms with Crippen molar-refractivity contribution in [2.45, 2.75) is 26.8 Å². The average Bonchev–Trinajstić information content (AvgIpc) is 2.44. The van der Waals surface area contributed by atoms with Crippen molar-refractivity contribution in [2.24, 2.45) is 0 Å². The Kier molecular flexibility index (Phi) is 5.45. The number of hydrogen-bond donors (Lipinski definition) is 1. The van der Waals surface area contributed by atoms with E-state index in [1.165, 1.54) is 0 Å². The summed E-state index contributed by atoms with van der Waals surface area (Å²) in [5, 5.41) is 4.03. The molecular weight excluding hydrogens is 270 g/mol. The van der Waals surface area contributed by atoms with Gasteiger partial charge in [0.1, 0.15) is 11.5 Å². The van der Waals surface area contributed by atoms with E-state index in [0.717, 1.165) is 36.4 Å². The number of aryl methyl sites for hydroxylation is 1. The van der Waals surface area contributed by atoms with Crippen molar-refractivity contribution in [1.29, 1.82) is 0 Å². The van der Waals surface area contributed by atoms with E-state index >= 15 is 0 Å². The highest BCUT2D eigenvalue weighted by Crippen LogP contribution is 2.31. The molecule has 3 heteroatoms. The van der Waals surface area contributed by atoms with Crippen LogP contribution in [0.15, 0.2) is 42.5 Å². The van der Waals surface area contributed by atoms with E-state index in [1.54, 1.807) is 0 Å². The minimum Gasteiger partial charge on any atom is -0.455 e. The number of ether oxygens (including phenoxy) is 1. The van der Waals surface area contributed by atoms with Crippen molar-refractivity contribution in [2.75, 3.05) is 6.54 Å². The molecule has 0 fully saturated rings. The maximum Gasteiger partial charge on any atom is 0.146 e. The largest absolute Gasteiger partial charge is 0.455 e. The second kappa shape index (κ2) is 7.32. The number of para-hydroxylation sites is 1. The molecule has 2 aromatic rings. The molecule has 0 heterocycles. The standard InChI is InChI=1S/C17H20ClNO/c1-3-10-19-12-14-6-4-5-7-16(14)20-17-9-8-13(2)11-15(17)18/h4-9,11,19H,3,10,12H2,1-2H3. The average molecular weight is 290 g/mol. The molecule has 0 amide bonds. The van der Waals surface area contributed by atoms with Crippen molar-refractivity contribution >= 4 is 11.6 Å². The van der Waals surface area contributed by atoms with Gasteiger partial charge in [-0.15, -0.1) is 0 Å². The van der Waals surface area contributed by atoms with Gasteiger partial charge in [0.2, 0.25) is 0 Å². The van der Waals surface area contributed by atoms with Crippen molar-refractivity contribution in [3.63, 3.8) is 0 Å². The van der Waals surface area contributed by atoms with Crippen molar-refractivity contribution in [3.8, 4) is 11.5 Å². The molecule has 106 valence electrons. The summed E-state index contributed by atoms with van der Waals surface area (Å²) < 4.78 is 5.95. The fourth-order valence-corrected chi connectivity index (χ4v) is 2.23. The summed E-state index contributed by atoms with van der Waals surface area (Å²) in [6, 6.07) is 13.9. The smallest absolute Gasteiger partial charge is 0.146 e. The Morgan fingerprint density at radius 3 is 2.65 bits per heavy atom. The van der Waals surface area contributed by atoms with Gasteiger partial charge >= 0.3 is 0 Å². The Balaban J connectivity index is 2.16. The van der Waals surface area contributed by atoms with Crippen LogP contribution in [-0.2, 0) is 6.54 Å². The molecule has 0 bridgehead atoms. The van der Waals surface area contributed by atoms with Crippen LogP contribution in [0.2, 0.25) is 5.02 Å². The highest BCUT2D eigenvalue weighted by atomic mass is 35.5. The fraction of sp³-hybridized carbons (Fsp3) is 0.294. The van der Waals surface area contributed by atoms with E-state index in [4.69, 9.17) is 16.3 Å². The molecule has 0 spiro atoms. The Hall–Kier alpha value is -1.51. The molecule has 2 aromatic carbocycles. The minimum absolute atomic E-state index is 0.640. The lowest BCUT2D eigenvalue weighted by Crippen LogP contribution is -2.14. The Morgan fingerprint density at radius 1 is 1.10 bits per heavy atom. The molecule has 2 rings (SSSR count). The topological polar surface area (TPSA) is 21.3 Å². The number of halogens is 1. The van der Waals surface area contributed by atoms with E-state index < -0.39 is 0 Å². The summed E-state index contributed by atoms with van der Waals surface area (Å²) in [7, 11) is 0. The van der Waals surface area contributed by atoms with Gasteiger partial charge in [0, 0.05) is 12.1 Å². The number of benzene rings is 2. The SMILES string of the molecule is CCCNCc1ccccc1Oc1ccc(C)cc1Cl. The van der Waals surface area contributed by atoms with E-state index in [1.807, 2.05) is 43.3 Å². The van der Waals surface area contributed by atoms with Crippen LogP contribution in [0, 0.1) is 6.92 Å². The van der Waals surface area contributed by atoms with Gasteiger partial charge in [-0.1, -0.05) is 42.8 Å². The number of rotatable bonds is 6. The second-order valence-electron chi connectivity index (χ2n) is 4.82. The van der Waals surface area contributed by atoms with Crippen LogP contribution in [0.1, 0.15) is 24.5 Å². The van der Waals surface area contributed by atoms with Crippen LogP contribution in [-0.4, -0.2) is 6.54 Å². The monoisotopic (exact) mass is 289 g/mol. The zero-order chi connectivity index (χ0) is 14.4. The molecule has 0 radical (unpaired) electrons. The molecule has 0 aliphatic rings. The van der Waals surface area contributed by atoms with E-state index in [0.29, 0.717) is 10.8 Å². The predicted octanol–water partition coefficient (Wildman–Crippen LogP) is 4.94. The third-order valence-electron chi connectivity index (χ3n) is 3.02. The van der Waals surface area contributed by atoms with Gasteiger partial charge in [0.25, 0.3) is 0 Å². The maximum absolute atomic E-state index is 6.22. The summed E-state index contributed by atoms with van der Waals surface area (Å²) in [5.74, 6) is 1.54. The van der Waals surface area contributed by atoms with Crippen molar-refractivity contribution in [1.82, 2.24) is 5.32 Å². The van der Waals surface area contributed by atoms with Gasteiger partial charge in [0.05, 0.1) is 5.02 Å². The van der Waals surface area contributed by atoms with Gasteiger partial charge < -0.3 is 10.1 Å². The zero-order valence-electron chi connectivity index (χ0n) is 11.9. The van der Waals surface area contributed by atoms with E-state index in [2.05, 4.69) is 18.3 Å². The van der Waals surface area contributed by atoms with Gasteiger partial charge in [-0.2, -0.15) is 0 Å². The van der Waals surface area contributed by atoms with Gasteiger partial charge in [-0.3, -0.25) is 0 Å². The Morgan fingerprint density at radius 2 is 1.90 bits per heavy atom. The molecule has 0 aliphatic heterocycles. The molecule has 0 atom stereocenters. The van der Waals surface area contributed by atoms with Crippen LogP contribution in [0.5, 0.6) is 11.5 Å². The van der Waals surface area contributed by atoms with E-state index in [-0.39, 0.29) is 0 Å². The normalized spacial score (nSPS) is 10.6. The first-order valence-corrected chi connectivity index (χ1v) is 7.31. The minimum atomic E-state index is 0.640. The lowest BCUT2D eigenvalue weighted by atomic mass is 10.2. The van der Waals surface area contributed by atoms with Crippen molar-refractivity contribution in [3.05, 3.63) is 58.6 Å². The summed E-state index contributed by atoms with van der Waals surface area (Å²) in [4.78, 5) is 0. The van der Waals surface area contributed by atoms with Crippen molar-refractivity contribution < 1.29 is 4.74 Å². The first-order chi connectivity index (χ1) is 9.70. The maximum atomic E-state index is 6.22. The first kappa shape index (κ1) is 14.9. The molecule has 2 nitrogen and oxygen atoms in total. The summed E-state index contributed by atoms with van der Waals surface area (Å²) in [6.45, 7) is 5.97. The van der Waals surface area contributed by atoms with Crippen LogP contribution < -0.4 is 10.1 Å². The Bertz CT molecular complexity index is 569. The van der Waals surface area contributed by atoms with Gasteiger partial charge in [-0.05, 0) is 43.7 Å². The summed E-state index contributed by atoms with van der Waals surface area (Å²) in [6.07, 6.45) is 1.12. The molecule has 0 aromatic heterocycles. The zero-order valence-corrected chi connectivity index (χ0v) is 12.7. The van der Waals surface area contributed by atoms with Crippen LogP contribution in [0.25, 0.3) is 0 Å². The third-order valence-corrected chi connectivity index (χ3v) is 3.32. The van der Waals surface area contributed by atoms with Crippen LogP contribution in [0.3, 0.4) is 0 Å². The van der Waals surface area contributed by atoms with Gasteiger partial charge in [0.15, 0.2) is 0 Å². The molecule has 20 heavy (non-hydrogen) atoms. The molecule has 0 saturated carbocycles. The summed E-state index contributed by atoms with van der Waals surface area (Å²) in [5.41, 5.74) is 2.26. The molecule has 0 saturated heterocycles. The fourth-order valence-electron chi connectivity index (χ4n) is 1.96. The highest BCUT2D eigenvalue weighted by molar-refractivity contribution is 6.32. The lowest BCUT2D eigenvalue weighted by Gasteiger charge is -2.13. The van der Waals surface area contributed by atoms with Crippen LogP contribution >= 0.6 is 11.6 Å². The lowest BCUT2D eigenvalue weighted by molar-refractivity contribution is 0.473. The third kappa shape index (κ3) is 3.99. The Labute approximate surface area is 125 Å². The molecular formula is C17H20ClNO. The predicted molar refractivity (Wildman–Crippen MR) is 84.7 cm³/mol. The quantitative estimate of drug-likeness (QED) is 0.761. The highest BCUT2D eigenvalue weighted by Gasteiger charge is 2.07. The number of nitrogens with one attached hydrogen (secondary N) is 1. The molecule has 0 unspecified atom stereocenters. The van der Waals surface area contributed by atoms with E-state index in [9.17, 15) is 0 Å². The van der Waals surface area contributed by atoms with Gasteiger partial charge in [-0.25, -0.2) is 0 Å². The first-order valence-electron chi connectivity index (χ1n) is 6.93. The second-order valence-corrected chi connectivity index (χ2v) is 5.23. The van der Waals surface area contributed by atoms with Crippen LogP contribution in [0.4, 0.5) is 0 Å². The summed E-state index contributed by atoms with van der Waals surface area (Å²) >= 11 is 6.22. The molecule has 0 aliphatic carbocycles. The number of hydrogen-bond acceptors (Lipinski definition) is 2. The molecule has 1 N–H and O–H groups in total.